The standard InChI is InChI=1S/C25H34FN3O4S/c1-16(2)21-9-18(26)10-22(17(3)4)23(21)11-20(30)15-34(31,32)24-12-27-29-13-19(14-33-25(24)29)28-7-5-6-8-28/h9-10,12,16-17,19H,5-8,11,13-15H2,1-4H3. The largest absolute Gasteiger partial charge is 0.475 e. The number of carbonyl (C=O) groups excluding carboxylic acids is 1. The minimum absolute atomic E-state index is 0.00672. The summed E-state index contributed by atoms with van der Waals surface area (Å²) < 4.78 is 48.0. The summed E-state index contributed by atoms with van der Waals surface area (Å²) in [5, 5.41) is 4.25. The average Bonchev–Trinajstić information content (AvgIpc) is 3.43. The Bertz CT molecular complexity index is 1140. The zero-order valence-electron chi connectivity index (χ0n) is 20.4. The van der Waals surface area contributed by atoms with Crippen molar-refractivity contribution in [3.05, 3.63) is 40.8 Å². The molecule has 7 nitrogen and oxygen atoms in total. The van der Waals surface area contributed by atoms with Gasteiger partial charge in [0.1, 0.15) is 23.1 Å². The Balaban J connectivity index is 1.53. The normalized spacial score (nSPS) is 19.0. The number of likely N-dealkylation sites (tertiary alicyclic amines) is 1. The Hall–Kier alpha value is -2.26. The molecule has 1 aromatic heterocycles. The Morgan fingerprint density at radius 3 is 2.35 bits per heavy atom. The van der Waals surface area contributed by atoms with Crippen LogP contribution in [0.1, 0.15) is 69.1 Å². The van der Waals surface area contributed by atoms with Crippen LogP contribution in [0.4, 0.5) is 4.39 Å². The molecule has 0 spiro atoms. The maximum Gasteiger partial charge on any atom is 0.231 e. The smallest absolute Gasteiger partial charge is 0.231 e. The summed E-state index contributed by atoms with van der Waals surface area (Å²) in [7, 11) is -3.93. The number of carbonyl (C=O) groups is 1. The van der Waals surface area contributed by atoms with Gasteiger partial charge in [-0.1, -0.05) is 27.7 Å². The predicted molar refractivity (Wildman–Crippen MR) is 128 cm³/mol. The van der Waals surface area contributed by atoms with Crippen LogP contribution in [0.2, 0.25) is 0 Å². The summed E-state index contributed by atoms with van der Waals surface area (Å²) in [6, 6.07) is 3.08. The molecule has 1 aromatic carbocycles. The number of aromatic nitrogens is 2. The highest BCUT2D eigenvalue weighted by atomic mass is 32.2. The van der Waals surface area contributed by atoms with Crippen molar-refractivity contribution in [1.82, 2.24) is 14.7 Å². The van der Waals surface area contributed by atoms with Gasteiger partial charge in [0.25, 0.3) is 0 Å². The van der Waals surface area contributed by atoms with Gasteiger partial charge in [-0.2, -0.15) is 5.10 Å². The Labute approximate surface area is 201 Å². The molecule has 9 heteroatoms. The molecule has 2 aliphatic heterocycles. The second-order valence-corrected chi connectivity index (χ2v) is 12.0. The zero-order valence-corrected chi connectivity index (χ0v) is 21.2. The molecule has 4 rings (SSSR count). The Kier molecular flexibility index (Phi) is 7.14. The van der Waals surface area contributed by atoms with Gasteiger partial charge in [0.15, 0.2) is 15.6 Å². The van der Waals surface area contributed by atoms with Crippen molar-refractivity contribution in [2.24, 2.45) is 0 Å². The fourth-order valence-electron chi connectivity index (χ4n) is 5.05. The van der Waals surface area contributed by atoms with Crippen molar-refractivity contribution in [3.63, 3.8) is 0 Å². The van der Waals surface area contributed by atoms with E-state index in [9.17, 15) is 17.6 Å². The number of nitrogens with zero attached hydrogens (tertiary/aromatic N) is 3. The second-order valence-electron chi connectivity index (χ2n) is 10.1. The molecule has 3 heterocycles. The lowest BCUT2D eigenvalue weighted by Crippen LogP contribution is -2.43. The van der Waals surface area contributed by atoms with Gasteiger partial charge in [-0.15, -0.1) is 0 Å². The van der Waals surface area contributed by atoms with Gasteiger partial charge in [-0.05, 0) is 66.6 Å². The molecule has 0 bridgehead atoms. The zero-order chi connectivity index (χ0) is 24.6. The SMILES string of the molecule is CC(C)c1cc(F)cc(C(C)C)c1CC(=O)CS(=O)(=O)c1cnn2c1OCC(N1CCCC1)C2. The average molecular weight is 492 g/mol. The van der Waals surface area contributed by atoms with E-state index >= 15 is 0 Å². The molecule has 1 unspecified atom stereocenters. The Morgan fingerprint density at radius 1 is 1.15 bits per heavy atom. The minimum atomic E-state index is -3.93. The Morgan fingerprint density at radius 2 is 1.76 bits per heavy atom. The quantitative estimate of drug-likeness (QED) is 0.560. The highest BCUT2D eigenvalue weighted by molar-refractivity contribution is 7.92. The van der Waals surface area contributed by atoms with Crippen molar-refractivity contribution in [2.45, 2.75) is 76.3 Å². The number of hydrogen-bond donors (Lipinski definition) is 0. The van der Waals surface area contributed by atoms with Crippen LogP contribution in [0.3, 0.4) is 0 Å². The third kappa shape index (κ3) is 5.05. The van der Waals surface area contributed by atoms with Crippen LogP contribution in [-0.2, 0) is 27.6 Å². The van der Waals surface area contributed by atoms with Gasteiger partial charge in [0.2, 0.25) is 5.88 Å². The predicted octanol–water partition coefficient (Wildman–Crippen LogP) is 3.71. The molecule has 34 heavy (non-hydrogen) atoms. The van der Waals surface area contributed by atoms with Crippen molar-refractivity contribution >= 4 is 15.6 Å². The van der Waals surface area contributed by atoms with E-state index in [1.54, 1.807) is 4.68 Å². The summed E-state index contributed by atoms with van der Waals surface area (Å²) in [4.78, 5) is 15.3. The van der Waals surface area contributed by atoms with E-state index < -0.39 is 21.4 Å². The molecular formula is C25H34FN3O4S. The van der Waals surface area contributed by atoms with Gasteiger partial charge in [-0.25, -0.2) is 17.5 Å². The number of fused-ring (bicyclic) bond motifs is 1. The molecule has 2 aromatic rings. The number of Topliss-reactive ketones (excluding diaryl/α,β-unsaturated/α-hetero) is 1. The van der Waals surface area contributed by atoms with E-state index in [2.05, 4.69) is 10.00 Å². The van der Waals surface area contributed by atoms with E-state index in [-0.39, 0.29) is 40.9 Å². The van der Waals surface area contributed by atoms with E-state index in [1.165, 1.54) is 18.3 Å². The second kappa shape index (κ2) is 9.77. The van der Waals surface area contributed by atoms with Gasteiger partial charge < -0.3 is 4.74 Å². The van der Waals surface area contributed by atoms with Crippen LogP contribution < -0.4 is 4.74 Å². The number of ketones is 1. The molecule has 0 amide bonds. The molecule has 1 fully saturated rings. The first kappa shape index (κ1) is 24.9. The van der Waals surface area contributed by atoms with Crippen LogP contribution in [0.15, 0.2) is 23.2 Å². The fraction of sp³-hybridized carbons (Fsp3) is 0.600. The van der Waals surface area contributed by atoms with E-state index in [0.717, 1.165) is 42.6 Å². The van der Waals surface area contributed by atoms with Crippen LogP contribution in [0.5, 0.6) is 5.88 Å². The number of benzene rings is 1. The third-order valence-electron chi connectivity index (χ3n) is 6.80. The van der Waals surface area contributed by atoms with E-state index in [0.29, 0.717) is 13.2 Å². The molecule has 1 saturated heterocycles. The van der Waals surface area contributed by atoms with Crippen molar-refractivity contribution in [2.75, 3.05) is 25.4 Å². The van der Waals surface area contributed by atoms with Crippen LogP contribution in [-0.4, -0.2) is 60.4 Å². The summed E-state index contributed by atoms with van der Waals surface area (Å²) in [6.45, 7) is 10.8. The summed E-state index contributed by atoms with van der Waals surface area (Å²) >= 11 is 0. The van der Waals surface area contributed by atoms with Crippen molar-refractivity contribution in [1.29, 1.82) is 0 Å². The monoisotopic (exact) mass is 491 g/mol. The lowest BCUT2D eigenvalue weighted by molar-refractivity contribution is -0.116. The van der Waals surface area contributed by atoms with E-state index in [4.69, 9.17) is 4.74 Å². The van der Waals surface area contributed by atoms with Crippen LogP contribution in [0.25, 0.3) is 0 Å². The van der Waals surface area contributed by atoms with E-state index in [1.807, 2.05) is 27.7 Å². The molecule has 0 saturated carbocycles. The van der Waals surface area contributed by atoms with Crippen LogP contribution in [0, 0.1) is 5.82 Å². The third-order valence-corrected chi connectivity index (χ3v) is 8.45. The highest BCUT2D eigenvalue weighted by Crippen LogP contribution is 2.32. The minimum Gasteiger partial charge on any atom is -0.475 e. The first-order valence-electron chi connectivity index (χ1n) is 12.1. The molecule has 2 aliphatic rings. The highest BCUT2D eigenvalue weighted by Gasteiger charge is 2.34. The first-order chi connectivity index (χ1) is 16.1. The number of rotatable bonds is 8. The van der Waals surface area contributed by atoms with Crippen molar-refractivity contribution < 1.29 is 22.3 Å². The molecule has 0 N–H and O–H groups in total. The summed E-state index contributed by atoms with van der Waals surface area (Å²) in [5.74, 6) is -1.18. The molecule has 0 radical (unpaired) electrons. The van der Waals surface area contributed by atoms with Gasteiger partial charge in [0, 0.05) is 6.42 Å². The summed E-state index contributed by atoms with van der Waals surface area (Å²) in [5.41, 5.74) is 2.22. The van der Waals surface area contributed by atoms with Gasteiger partial charge in [-0.3, -0.25) is 9.69 Å². The van der Waals surface area contributed by atoms with Gasteiger partial charge >= 0.3 is 0 Å². The lowest BCUT2D eigenvalue weighted by Gasteiger charge is -2.31. The number of hydrogen-bond acceptors (Lipinski definition) is 6. The fourth-order valence-corrected chi connectivity index (χ4v) is 6.37. The molecular weight excluding hydrogens is 457 g/mol. The molecule has 0 aliphatic carbocycles. The maximum absolute atomic E-state index is 14.2. The van der Waals surface area contributed by atoms with Gasteiger partial charge in [0.05, 0.1) is 18.8 Å². The van der Waals surface area contributed by atoms with Crippen molar-refractivity contribution in [3.8, 4) is 5.88 Å². The maximum atomic E-state index is 14.2. The summed E-state index contributed by atoms with van der Waals surface area (Å²) in [6.07, 6.45) is 3.56. The topological polar surface area (TPSA) is 81.5 Å². The molecule has 186 valence electrons. The number of halogens is 1. The molecule has 1 atom stereocenters. The number of ether oxygens (including phenoxy) is 1. The lowest BCUT2D eigenvalue weighted by atomic mass is 9.86. The number of sulfone groups is 1. The first-order valence-corrected chi connectivity index (χ1v) is 13.7. The van der Waals surface area contributed by atoms with Crippen LogP contribution >= 0.6 is 0 Å².